The van der Waals surface area contributed by atoms with Crippen LogP contribution in [0.15, 0.2) is 24.3 Å². The topological polar surface area (TPSA) is 99.1 Å². The molecule has 0 aromatic heterocycles. The summed E-state index contributed by atoms with van der Waals surface area (Å²) in [7, 11) is 1.18. The molecule has 1 aliphatic carbocycles. The largest absolute Gasteiger partial charge is 0.481 e. The van der Waals surface area contributed by atoms with Crippen molar-refractivity contribution < 1.29 is 33.7 Å². The molecular formula is C19H24O7. The van der Waals surface area contributed by atoms with E-state index in [1.165, 1.54) is 7.11 Å². The molecule has 0 spiro atoms. The molecule has 1 aromatic carbocycles. The minimum absolute atomic E-state index is 0.0265. The number of hydrogen-bond donors (Lipinski definition) is 1. The van der Waals surface area contributed by atoms with Crippen LogP contribution in [0.1, 0.15) is 44.1 Å². The summed E-state index contributed by atoms with van der Waals surface area (Å²) < 4.78 is 15.5. The number of rotatable bonds is 8. The molecule has 7 heteroatoms. The van der Waals surface area contributed by atoms with Gasteiger partial charge in [-0.3, -0.25) is 4.79 Å². The Morgan fingerprint density at radius 1 is 1.08 bits per heavy atom. The molecule has 0 radical (unpaired) electrons. The number of ether oxygens (including phenoxy) is 3. The second-order valence-electron chi connectivity index (χ2n) is 6.26. The van der Waals surface area contributed by atoms with Crippen molar-refractivity contribution in [2.45, 2.75) is 57.2 Å². The lowest BCUT2D eigenvalue weighted by atomic mass is 9.98. The van der Waals surface area contributed by atoms with Crippen LogP contribution in [-0.2, 0) is 30.3 Å². The highest BCUT2D eigenvalue weighted by Gasteiger charge is 2.33. The van der Waals surface area contributed by atoms with E-state index < -0.39 is 24.0 Å². The van der Waals surface area contributed by atoms with Gasteiger partial charge in [0.05, 0.1) is 7.11 Å². The van der Waals surface area contributed by atoms with E-state index in [9.17, 15) is 14.4 Å². The normalized spacial score (nSPS) is 15.7. The fourth-order valence-electron chi connectivity index (χ4n) is 2.83. The van der Waals surface area contributed by atoms with E-state index in [1.807, 2.05) is 0 Å². The van der Waals surface area contributed by atoms with E-state index in [1.54, 1.807) is 24.3 Å². The number of carboxylic acid groups (broad SMARTS) is 1. The van der Waals surface area contributed by atoms with Crippen LogP contribution in [0.25, 0.3) is 0 Å². The van der Waals surface area contributed by atoms with Gasteiger partial charge >= 0.3 is 17.9 Å². The molecule has 1 saturated carbocycles. The smallest absolute Gasteiger partial charge is 0.359 e. The first-order valence-electron chi connectivity index (χ1n) is 8.75. The highest BCUT2D eigenvalue weighted by Crippen LogP contribution is 2.22. The lowest BCUT2D eigenvalue weighted by Crippen LogP contribution is -2.40. The minimum atomic E-state index is -1.48. The lowest BCUT2D eigenvalue weighted by molar-refractivity contribution is -0.169. The van der Waals surface area contributed by atoms with Gasteiger partial charge in [-0.15, -0.1) is 0 Å². The van der Waals surface area contributed by atoms with Gasteiger partial charge in [-0.1, -0.05) is 18.6 Å². The maximum absolute atomic E-state index is 12.3. The van der Waals surface area contributed by atoms with Crippen LogP contribution >= 0.6 is 0 Å². The van der Waals surface area contributed by atoms with E-state index in [0.717, 1.165) is 37.7 Å². The van der Waals surface area contributed by atoms with E-state index in [2.05, 4.69) is 4.74 Å². The van der Waals surface area contributed by atoms with E-state index in [4.69, 9.17) is 14.6 Å². The Kier molecular flexibility index (Phi) is 7.44. The molecule has 1 aromatic rings. The van der Waals surface area contributed by atoms with Crippen LogP contribution in [0.3, 0.4) is 0 Å². The predicted molar refractivity (Wildman–Crippen MR) is 91.8 cm³/mol. The number of carboxylic acids is 1. The van der Waals surface area contributed by atoms with Gasteiger partial charge in [0.1, 0.15) is 11.9 Å². The van der Waals surface area contributed by atoms with Crippen molar-refractivity contribution >= 4 is 17.9 Å². The van der Waals surface area contributed by atoms with Crippen molar-refractivity contribution in [3.8, 4) is 5.75 Å². The van der Waals surface area contributed by atoms with Gasteiger partial charge in [0.2, 0.25) is 0 Å². The second-order valence-corrected chi connectivity index (χ2v) is 6.26. The zero-order valence-electron chi connectivity index (χ0n) is 14.8. The third kappa shape index (κ3) is 6.06. The Bertz CT molecular complexity index is 617. The highest BCUT2D eigenvalue weighted by molar-refractivity contribution is 5.98. The van der Waals surface area contributed by atoms with Crippen LogP contribution in [0.4, 0.5) is 0 Å². The number of carbonyl (C=O) groups excluding carboxylic acids is 2. The van der Waals surface area contributed by atoms with Crippen LogP contribution in [0.2, 0.25) is 0 Å². The van der Waals surface area contributed by atoms with Gasteiger partial charge < -0.3 is 19.3 Å². The summed E-state index contributed by atoms with van der Waals surface area (Å²) in [5.74, 6) is -2.14. The third-order valence-corrected chi connectivity index (χ3v) is 4.27. The molecule has 7 nitrogen and oxygen atoms in total. The number of methoxy groups -OCH3 is 1. The molecule has 1 unspecified atom stereocenters. The van der Waals surface area contributed by atoms with Crippen molar-refractivity contribution in [1.29, 1.82) is 0 Å². The SMILES string of the molecule is COC(=O)C(Oc1ccc(CCC(=O)O)cc1)C(=O)OC1CCCCC1. The lowest BCUT2D eigenvalue weighted by Gasteiger charge is -2.24. The zero-order chi connectivity index (χ0) is 18.9. The number of aryl methyl sites for hydroxylation is 1. The van der Waals surface area contributed by atoms with Crippen molar-refractivity contribution in [2.24, 2.45) is 0 Å². The van der Waals surface area contributed by atoms with Gasteiger partial charge in [0, 0.05) is 6.42 Å². The Morgan fingerprint density at radius 2 is 1.73 bits per heavy atom. The van der Waals surface area contributed by atoms with Crippen LogP contribution in [0.5, 0.6) is 5.75 Å². The summed E-state index contributed by atoms with van der Waals surface area (Å²) in [5.41, 5.74) is 0.819. The average Bonchev–Trinajstić information content (AvgIpc) is 2.65. The van der Waals surface area contributed by atoms with Crippen molar-refractivity contribution in [2.75, 3.05) is 7.11 Å². The Hall–Kier alpha value is -2.57. The summed E-state index contributed by atoms with van der Waals surface area (Å²) in [5, 5.41) is 8.70. The molecule has 1 N–H and O–H groups in total. The number of carbonyl (C=O) groups is 3. The Labute approximate surface area is 152 Å². The molecule has 0 amide bonds. The van der Waals surface area contributed by atoms with Gasteiger partial charge in [-0.05, 0) is 49.8 Å². The number of hydrogen-bond acceptors (Lipinski definition) is 6. The van der Waals surface area contributed by atoms with Crippen LogP contribution in [-0.4, -0.2) is 42.3 Å². The first kappa shape index (κ1) is 19.8. The quantitative estimate of drug-likeness (QED) is 0.559. The van der Waals surface area contributed by atoms with Gasteiger partial charge in [0.15, 0.2) is 0 Å². The van der Waals surface area contributed by atoms with Crippen LogP contribution < -0.4 is 4.74 Å². The molecule has 0 aliphatic heterocycles. The van der Waals surface area contributed by atoms with Gasteiger partial charge in [0.25, 0.3) is 6.10 Å². The average molecular weight is 364 g/mol. The molecule has 1 atom stereocenters. The summed E-state index contributed by atoms with van der Waals surface area (Å²) in [6.45, 7) is 0. The second kappa shape index (κ2) is 9.79. The third-order valence-electron chi connectivity index (χ3n) is 4.27. The fraction of sp³-hybridized carbons (Fsp3) is 0.526. The summed E-state index contributed by atoms with van der Waals surface area (Å²) in [6.07, 6.45) is 3.45. The first-order chi connectivity index (χ1) is 12.5. The maximum atomic E-state index is 12.3. The number of esters is 2. The molecule has 26 heavy (non-hydrogen) atoms. The number of benzene rings is 1. The van der Waals surface area contributed by atoms with E-state index in [-0.39, 0.29) is 12.5 Å². The molecule has 2 rings (SSSR count). The summed E-state index contributed by atoms with van der Waals surface area (Å²) in [6, 6.07) is 6.56. The maximum Gasteiger partial charge on any atom is 0.359 e. The molecule has 1 fully saturated rings. The molecule has 1 aliphatic rings. The van der Waals surface area contributed by atoms with Gasteiger partial charge in [-0.25, -0.2) is 9.59 Å². The van der Waals surface area contributed by atoms with E-state index in [0.29, 0.717) is 12.2 Å². The standard InChI is InChI=1S/C19H24O7/c1-24-18(22)17(19(23)26-14-5-3-2-4-6-14)25-15-10-7-13(8-11-15)9-12-16(20)21/h7-8,10-11,14,17H,2-6,9,12H2,1H3,(H,20,21). The Balaban J connectivity index is 1.99. The molecule has 0 bridgehead atoms. The van der Waals surface area contributed by atoms with Gasteiger partial charge in [-0.2, -0.15) is 0 Å². The molecule has 0 heterocycles. The molecular weight excluding hydrogens is 340 g/mol. The van der Waals surface area contributed by atoms with Crippen molar-refractivity contribution in [1.82, 2.24) is 0 Å². The minimum Gasteiger partial charge on any atom is -0.481 e. The van der Waals surface area contributed by atoms with Crippen LogP contribution in [0, 0.1) is 0 Å². The Morgan fingerprint density at radius 3 is 2.31 bits per heavy atom. The summed E-state index contributed by atoms with van der Waals surface area (Å²) >= 11 is 0. The zero-order valence-corrected chi connectivity index (χ0v) is 14.8. The fourth-order valence-corrected chi connectivity index (χ4v) is 2.83. The monoisotopic (exact) mass is 364 g/mol. The molecule has 0 saturated heterocycles. The molecule has 142 valence electrons. The van der Waals surface area contributed by atoms with E-state index >= 15 is 0 Å². The predicted octanol–water partition coefficient (Wildman–Crippen LogP) is 2.50. The highest BCUT2D eigenvalue weighted by atomic mass is 16.6. The van der Waals surface area contributed by atoms with Crippen molar-refractivity contribution in [3.63, 3.8) is 0 Å². The van der Waals surface area contributed by atoms with Crippen molar-refractivity contribution in [3.05, 3.63) is 29.8 Å². The number of aliphatic carboxylic acids is 1. The summed E-state index contributed by atoms with van der Waals surface area (Å²) in [4.78, 5) is 34.9. The first-order valence-corrected chi connectivity index (χ1v) is 8.75.